The molecule has 13 heteroatoms. The summed E-state index contributed by atoms with van der Waals surface area (Å²) in [6.45, 7) is -0.413. The first kappa shape index (κ1) is 35.3. The fraction of sp³-hybridized carbons (Fsp3) is 0.152. The van der Waals surface area contributed by atoms with Gasteiger partial charge in [0.1, 0.15) is 18.3 Å². The number of benzene rings is 3. The van der Waals surface area contributed by atoms with Crippen molar-refractivity contribution < 1.29 is 49.8 Å². The maximum absolute atomic E-state index is 12.3. The predicted molar refractivity (Wildman–Crippen MR) is 169 cm³/mol. The van der Waals surface area contributed by atoms with Crippen molar-refractivity contribution in [3.05, 3.63) is 142 Å². The van der Waals surface area contributed by atoms with Crippen molar-refractivity contribution in [3.8, 4) is 0 Å². The van der Waals surface area contributed by atoms with E-state index in [4.69, 9.17) is 25.2 Å². The Bertz CT molecular complexity index is 1640. The number of rotatable bonds is 5. The van der Waals surface area contributed by atoms with Crippen molar-refractivity contribution in [2.24, 2.45) is 0 Å². The van der Waals surface area contributed by atoms with E-state index in [0.29, 0.717) is 22.1 Å². The number of hydrogen-bond acceptors (Lipinski definition) is 9. The third-order valence-corrected chi connectivity index (χ3v) is 7.28. The van der Waals surface area contributed by atoms with Gasteiger partial charge in [0, 0.05) is 10.9 Å². The van der Waals surface area contributed by atoms with Crippen LogP contribution in [0.25, 0.3) is 10.1 Å². The maximum Gasteiger partial charge on any atom is 0.335 e. The van der Waals surface area contributed by atoms with Gasteiger partial charge in [-0.1, -0.05) is 54.6 Å². The smallest absolute Gasteiger partial charge is 0.335 e. The van der Waals surface area contributed by atoms with Gasteiger partial charge >= 0.3 is 17.9 Å². The van der Waals surface area contributed by atoms with E-state index in [0.717, 1.165) is 4.70 Å². The highest BCUT2D eigenvalue weighted by Crippen LogP contribution is 2.29. The normalized spacial score (nSPS) is 18.1. The number of aliphatic hydroxyl groups is 3. The molecule has 4 atom stereocenters. The number of aliphatic hydroxyl groups excluding tert-OH is 3. The van der Waals surface area contributed by atoms with Crippen molar-refractivity contribution in [1.29, 1.82) is 0 Å². The molecule has 0 spiro atoms. The first-order valence-corrected chi connectivity index (χ1v) is 14.5. The fourth-order valence-corrected chi connectivity index (χ4v) is 4.81. The van der Waals surface area contributed by atoms with Gasteiger partial charge in [-0.05, 0) is 53.9 Å². The Morgan fingerprint density at radius 1 is 0.674 bits per heavy atom. The number of pyridine rings is 1. The van der Waals surface area contributed by atoms with E-state index in [1.807, 2.05) is 5.38 Å². The number of carboxylic acids is 3. The van der Waals surface area contributed by atoms with Crippen LogP contribution in [0.5, 0.6) is 0 Å². The molecular formula is C33H31NO11S. The highest BCUT2D eigenvalue weighted by Gasteiger charge is 2.43. The van der Waals surface area contributed by atoms with Gasteiger partial charge in [0.15, 0.2) is 6.23 Å². The Morgan fingerprint density at radius 3 is 1.46 bits per heavy atom. The molecule has 2 aromatic heterocycles. The summed E-state index contributed by atoms with van der Waals surface area (Å²) in [5, 5.41) is 56.2. The molecule has 12 nitrogen and oxygen atoms in total. The standard InChI is InChI=1S/C12H13NO5S.3C7H6O2/c14-5-7-9(15)10(16)12(18-7)13-3-1-8-6(11(13)17)2-4-19-8;3*8-7(9)6-4-2-1-3-5-6/h1-4,7,9-10,12,14-16H,5H2;3*1-5H,(H,8,9)/t7-,9-,10-,12-;;;/m1.../s1. The van der Waals surface area contributed by atoms with Gasteiger partial charge in [-0.3, -0.25) is 9.36 Å². The molecule has 46 heavy (non-hydrogen) atoms. The van der Waals surface area contributed by atoms with Crippen molar-refractivity contribution >= 4 is 39.3 Å². The summed E-state index contributed by atoms with van der Waals surface area (Å²) in [6.07, 6.45) is -2.79. The van der Waals surface area contributed by atoms with Gasteiger partial charge in [-0.15, -0.1) is 11.3 Å². The van der Waals surface area contributed by atoms with Crippen molar-refractivity contribution in [2.45, 2.75) is 24.5 Å². The van der Waals surface area contributed by atoms with E-state index in [1.165, 1.54) is 22.1 Å². The molecule has 1 aliphatic rings. The number of aromatic nitrogens is 1. The largest absolute Gasteiger partial charge is 0.478 e. The number of carbonyl (C=O) groups is 3. The summed E-state index contributed by atoms with van der Waals surface area (Å²) in [5.74, 6) is -2.64. The SMILES string of the molecule is O=C(O)c1ccccc1.O=C(O)c1ccccc1.O=C(O)c1ccccc1.O=c1c2ccsc2ccn1[C@@H]1O[C@H](CO)[C@@H](O)[C@H]1O. The zero-order valence-electron chi connectivity index (χ0n) is 24.1. The topological polar surface area (TPSA) is 204 Å². The number of thiophene rings is 1. The third-order valence-electron chi connectivity index (χ3n) is 6.40. The Morgan fingerprint density at radius 2 is 1.11 bits per heavy atom. The first-order valence-electron chi connectivity index (χ1n) is 13.6. The molecule has 6 rings (SSSR count). The molecule has 0 saturated carbocycles. The summed E-state index contributed by atoms with van der Waals surface area (Å²) in [5.41, 5.74) is 0.709. The molecule has 1 aliphatic heterocycles. The molecule has 0 aliphatic carbocycles. The molecule has 3 heterocycles. The molecule has 0 bridgehead atoms. The average Bonchev–Trinajstić information content (AvgIpc) is 3.68. The maximum atomic E-state index is 12.3. The van der Waals surface area contributed by atoms with Crippen LogP contribution in [0.1, 0.15) is 37.3 Å². The zero-order chi connectivity index (χ0) is 33.6. The van der Waals surface area contributed by atoms with Crippen LogP contribution in [0, 0.1) is 0 Å². The lowest BCUT2D eigenvalue weighted by atomic mass is 10.1. The number of nitrogens with zero attached hydrogens (tertiary/aromatic N) is 1. The van der Waals surface area contributed by atoms with E-state index in [-0.39, 0.29) is 5.56 Å². The van der Waals surface area contributed by atoms with Gasteiger partial charge in [0.25, 0.3) is 5.56 Å². The van der Waals surface area contributed by atoms with Crippen LogP contribution in [-0.4, -0.2) is 78.0 Å². The minimum absolute atomic E-state index is 0.284. The number of fused-ring (bicyclic) bond motifs is 1. The molecular weight excluding hydrogens is 618 g/mol. The second-order valence-electron chi connectivity index (χ2n) is 9.47. The van der Waals surface area contributed by atoms with Gasteiger partial charge in [-0.2, -0.15) is 0 Å². The highest BCUT2D eigenvalue weighted by molar-refractivity contribution is 7.17. The number of ether oxygens (including phenoxy) is 1. The predicted octanol–water partition coefficient (Wildman–Crippen LogP) is 3.83. The Kier molecular flexibility index (Phi) is 13.3. The lowest BCUT2D eigenvalue weighted by molar-refractivity contribution is -0.0541. The minimum atomic E-state index is -1.24. The van der Waals surface area contributed by atoms with E-state index < -0.39 is 49.1 Å². The number of carboxylic acid groups (broad SMARTS) is 3. The van der Waals surface area contributed by atoms with Crippen LogP contribution in [0.4, 0.5) is 0 Å². The highest BCUT2D eigenvalue weighted by atomic mass is 32.1. The van der Waals surface area contributed by atoms with Crippen LogP contribution >= 0.6 is 11.3 Å². The molecule has 3 aromatic carbocycles. The number of aromatic carboxylic acids is 3. The molecule has 6 N–H and O–H groups in total. The third kappa shape index (κ3) is 9.66. The molecule has 1 fully saturated rings. The molecule has 0 radical (unpaired) electrons. The van der Waals surface area contributed by atoms with Gasteiger partial charge in [0.2, 0.25) is 0 Å². The summed E-state index contributed by atoms with van der Waals surface area (Å²) in [6, 6.07) is 28.4. The van der Waals surface area contributed by atoms with Crippen molar-refractivity contribution in [1.82, 2.24) is 4.57 Å². The first-order chi connectivity index (χ1) is 22.0. The van der Waals surface area contributed by atoms with Crippen LogP contribution < -0.4 is 5.56 Å². The Labute approximate surface area is 266 Å². The summed E-state index contributed by atoms with van der Waals surface area (Å²) in [7, 11) is 0. The van der Waals surface area contributed by atoms with Gasteiger partial charge in [0.05, 0.1) is 28.7 Å². The molecule has 240 valence electrons. The quantitative estimate of drug-likeness (QED) is 0.161. The second kappa shape index (κ2) is 17.3. The van der Waals surface area contributed by atoms with E-state index >= 15 is 0 Å². The zero-order valence-corrected chi connectivity index (χ0v) is 24.9. The minimum Gasteiger partial charge on any atom is -0.478 e. The summed E-state index contributed by atoms with van der Waals surface area (Å²) in [4.78, 5) is 42.9. The second-order valence-corrected chi connectivity index (χ2v) is 10.4. The van der Waals surface area contributed by atoms with E-state index in [2.05, 4.69) is 0 Å². The van der Waals surface area contributed by atoms with Gasteiger partial charge < -0.3 is 35.4 Å². The van der Waals surface area contributed by atoms with E-state index in [1.54, 1.807) is 103 Å². The lowest BCUT2D eigenvalue weighted by Crippen LogP contribution is -2.35. The fourth-order valence-electron chi connectivity index (χ4n) is 4.03. The van der Waals surface area contributed by atoms with Gasteiger partial charge in [-0.25, -0.2) is 14.4 Å². The molecule has 5 aromatic rings. The van der Waals surface area contributed by atoms with Crippen LogP contribution in [-0.2, 0) is 4.74 Å². The van der Waals surface area contributed by atoms with Crippen molar-refractivity contribution in [2.75, 3.05) is 6.61 Å². The summed E-state index contributed by atoms with van der Waals surface area (Å²) >= 11 is 1.45. The molecule has 0 amide bonds. The molecule has 1 saturated heterocycles. The van der Waals surface area contributed by atoms with E-state index in [9.17, 15) is 29.4 Å². The Balaban J connectivity index is 0.000000181. The Hall–Kier alpha value is -5.18. The van der Waals surface area contributed by atoms with Crippen LogP contribution in [0.3, 0.4) is 0 Å². The summed E-state index contributed by atoms with van der Waals surface area (Å²) < 4.78 is 7.45. The van der Waals surface area contributed by atoms with Crippen LogP contribution in [0.2, 0.25) is 0 Å². The van der Waals surface area contributed by atoms with Crippen LogP contribution in [0.15, 0.2) is 119 Å². The lowest BCUT2D eigenvalue weighted by Gasteiger charge is -2.17. The average molecular weight is 650 g/mol. The number of hydrogen-bond donors (Lipinski definition) is 6. The van der Waals surface area contributed by atoms with Crippen molar-refractivity contribution in [3.63, 3.8) is 0 Å². The monoisotopic (exact) mass is 649 g/mol. The molecule has 0 unspecified atom stereocenters.